The van der Waals surface area contributed by atoms with Gasteiger partial charge in [0, 0.05) is 43.8 Å². The van der Waals surface area contributed by atoms with Gasteiger partial charge in [-0.15, -0.1) is 0 Å². The summed E-state index contributed by atoms with van der Waals surface area (Å²) < 4.78 is 0. The Kier molecular flexibility index (Phi) is 11.2. The summed E-state index contributed by atoms with van der Waals surface area (Å²) in [5.41, 5.74) is 6.63. The van der Waals surface area contributed by atoms with Crippen molar-refractivity contribution in [2.45, 2.75) is 51.6 Å². The lowest BCUT2D eigenvalue weighted by Crippen LogP contribution is -2.40. The minimum Gasteiger partial charge on any atom is -0.366 e. The van der Waals surface area contributed by atoms with Crippen LogP contribution in [0.4, 0.5) is 0 Å². The predicted octanol–water partition coefficient (Wildman–Crippen LogP) is 5.83. The second kappa shape index (κ2) is 15.4. The number of unbranched alkanes of at least 4 members (excludes halogenated alkanes) is 2. The van der Waals surface area contributed by atoms with E-state index in [0.29, 0.717) is 25.1 Å². The van der Waals surface area contributed by atoms with Gasteiger partial charge in [-0.3, -0.25) is 19.4 Å². The van der Waals surface area contributed by atoms with Crippen LogP contribution in [-0.2, 0) is 11.3 Å². The average molecular weight is 578 g/mol. The first kappa shape index (κ1) is 31.2. The number of rotatable bonds is 13. The molecule has 0 aromatic heterocycles. The van der Waals surface area contributed by atoms with E-state index >= 15 is 0 Å². The van der Waals surface area contributed by atoms with E-state index in [9.17, 15) is 14.4 Å². The van der Waals surface area contributed by atoms with Crippen LogP contribution < -0.4 is 16.0 Å². The van der Waals surface area contributed by atoms with Crippen LogP contribution in [0.15, 0.2) is 96.5 Å². The van der Waals surface area contributed by atoms with Gasteiger partial charge in [0.05, 0.1) is 0 Å². The van der Waals surface area contributed by atoms with Crippen molar-refractivity contribution in [1.82, 2.24) is 16.0 Å². The van der Waals surface area contributed by atoms with E-state index in [1.165, 1.54) is 6.08 Å². The molecule has 0 saturated carbocycles. The third-order valence-corrected chi connectivity index (χ3v) is 7.51. The summed E-state index contributed by atoms with van der Waals surface area (Å²) in [6.07, 6.45) is 6.75. The van der Waals surface area contributed by atoms with Crippen molar-refractivity contribution in [3.8, 4) is 11.1 Å². The standard InChI is InChI=1S/C36H40N4O3/c1-4-5-7-13-32(40-36(43)29-19-17-28(18-20-29)27-11-8-6-9-12-27)33(41)14-10-15-34(42)38-24-26-16-21-30-31(22-26)25(2)23-39-35(30)37-3/h6,8-12,14,16-22,32H,2,4-5,7,13,15,23-24H2,1,3H3,(H,37,39)(H,38,42)(H,40,43)/p+1/b14-10+. The number of amides is 2. The molecule has 1 atom stereocenters. The number of fused-ring (bicyclic) bond motifs is 1. The summed E-state index contributed by atoms with van der Waals surface area (Å²) in [4.78, 5) is 40.8. The molecule has 4 rings (SSSR count). The van der Waals surface area contributed by atoms with Crippen molar-refractivity contribution in [1.29, 1.82) is 0 Å². The van der Waals surface area contributed by atoms with Gasteiger partial charge in [0.1, 0.15) is 11.9 Å². The fraction of sp³-hybridized carbons (Fsp3) is 0.278. The van der Waals surface area contributed by atoms with Crippen LogP contribution in [-0.4, -0.2) is 47.9 Å². The Morgan fingerprint density at radius 3 is 2.49 bits per heavy atom. The third kappa shape index (κ3) is 8.61. The molecule has 1 heterocycles. The van der Waals surface area contributed by atoms with Gasteiger partial charge in [-0.25, -0.2) is 0 Å². The molecule has 0 aliphatic carbocycles. The van der Waals surface area contributed by atoms with E-state index in [1.54, 1.807) is 25.3 Å². The summed E-state index contributed by atoms with van der Waals surface area (Å²) in [5, 5.41) is 9.16. The SMILES string of the molecule is C=C1CNC(=NC)c2ccc(CNC(=O)C/C=C/C(=[OH+])C(CCCCC)NC(=O)c3ccc(-c4ccccc4)cc3)cc21. The predicted molar refractivity (Wildman–Crippen MR) is 176 cm³/mol. The van der Waals surface area contributed by atoms with Gasteiger partial charge in [-0.2, -0.15) is 0 Å². The Morgan fingerprint density at radius 1 is 1.02 bits per heavy atom. The van der Waals surface area contributed by atoms with E-state index in [0.717, 1.165) is 58.5 Å². The van der Waals surface area contributed by atoms with E-state index in [2.05, 4.69) is 34.4 Å². The zero-order valence-electron chi connectivity index (χ0n) is 25.0. The second-order valence-electron chi connectivity index (χ2n) is 10.7. The fourth-order valence-corrected chi connectivity index (χ4v) is 5.04. The highest BCUT2D eigenvalue weighted by Crippen LogP contribution is 2.23. The lowest BCUT2D eigenvalue weighted by Gasteiger charge is -2.22. The molecular weight excluding hydrogens is 536 g/mol. The molecule has 3 aromatic rings. The summed E-state index contributed by atoms with van der Waals surface area (Å²) in [6, 6.07) is 22.9. The Bertz CT molecular complexity index is 1510. The largest absolute Gasteiger partial charge is 0.366 e. The third-order valence-electron chi connectivity index (χ3n) is 7.51. The molecule has 222 valence electrons. The van der Waals surface area contributed by atoms with Gasteiger partial charge in [0.25, 0.3) is 5.91 Å². The van der Waals surface area contributed by atoms with Crippen LogP contribution in [0.2, 0.25) is 0 Å². The maximum Gasteiger partial charge on any atom is 0.338 e. The van der Waals surface area contributed by atoms with Crippen LogP contribution in [0.5, 0.6) is 0 Å². The quantitative estimate of drug-likeness (QED) is 0.135. The fourth-order valence-electron chi connectivity index (χ4n) is 5.04. The molecule has 1 unspecified atom stereocenters. The zero-order chi connectivity index (χ0) is 30.6. The van der Waals surface area contributed by atoms with Gasteiger partial charge in [-0.1, -0.05) is 93.4 Å². The molecule has 1 aliphatic heterocycles. The molecule has 0 radical (unpaired) electrons. The molecule has 0 spiro atoms. The van der Waals surface area contributed by atoms with Crippen molar-refractivity contribution >= 4 is 29.0 Å². The van der Waals surface area contributed by atoms with Gasteiger partial charge in [0.2, 0.25) is 5.91 Å². The van der Waals surface area contributed by atoms with Crippen LogP contribution in [0.1, 0.15) is 66.1 Å². The van der Waals surface area contributed by atoms with Crippen molar-refractivity contribution in [2.75, 3.05) is 13.6 Å². The maximum absolute atomic E-state index is 13.0. The maximum atomic E-state index is 13.0. The molecular formula is C36H41N4O3+. The van der Waals surface area contributed by atoms with E-state index < -0.39 is 6.04 Å². The number of carbonyl (C=O) groups is 2. The van der Waals surface area contributed by atoms with Crippen molar-refractivity contribution in [2.24, 2.45) is 4.99 Å². The Labute approximate surface area is 254 Å². The number of amidine groups is 1. The number of ketones is 1. The summed E-state index contributed by atoms with van der Waals surface area (Å²) in [7, 11) is 1.75. The average Bonchev–Trinajstić information content (AvgIpc) is 3.04. The van der Waals surface area contributed by atoms with Crippen LogP contribution in [0.3, 0.4) is 0 Å². The van der Waals surface area contributed by atoms with E-state index in [4.69, 9.17) is 0 Å². The zero-order valence-corrected chi connectivity index (χ0v) is 25.0. The minimum atomic E-state index is -0.540. The lowest BCUT2D eigenvalue weighted by molar-refractivity contribution is -0.120. The number of aliphatic imine (C=N–C) groups is 1. The molecule has 0 bridgehead atoms. The summed E-state index contributed by atoms with van der Waals surface area (Å²) in [5.74, 6) is 0.459. The first-order chi connectivity index (χ1) is 20.9. The number of hydrogen-bond acceptors (Lipinski definition) is 3. The normalized spacial score (nSPS) is 14.2. The first-order valence-corrected chi connectivity index (χ1v) is 14.9. The molecule has 7 nitrogen and oxygen atoms in total. The number of carbonyl (C=O) groups excluding carboxylic acids is 3. The topological polar surface area (TPSA) is 104 Å². The second-order valence-corrected chi connectivity index (χ2v) is 10.7. The number of nitrogens with one attached hydrogen (secondary N) is 3. The first-order valence-electron chi connectivity index (χ1n) is 14.9. The van der Waals surface area contributed by atoms with Crippen molar-refractivity contribution in [3.63, 3.8) is 0 Å². The smallest absolute Gasteiger partial charge is 0.338 e. The minimum absolute atomic E-state index is 0.0355. The lowest BCUT2D eigenvalue weighted by atomic mass is 9.94. The highest BCUT2D eigenvalue weighted by molar-refractivity contribution is 6.06. The molecule has 3 aromatic carbocycles. The van der Waals surface area contributed by atoms with Crippen LogP contribution in [0, 0.1) is 0 Å². The highest BCUT2D eigenvalue weighted by Gasteiger charge is 2.24. The molecule has 2 amide bonds. The Balaban J connectivity index is 1.31. The highest BCUT2D eigenvalue weighted by atomic mass is 16.2. The monoisotopic (exact) mass is 577 g/mol. The summed E-state index contributed by atoms with van der Waals surface area (Å²) in [6.45, 7) is 7.27. The molecule has 4 N–H and O–H groups in total. The van der Waals surface area contributed by atoms with E-state index in [-0.39, 0.29) is 24.0 Å². The Hall–Kier alpha value is -4.78. The van der Waals surface area contributed by atoms with Crippen LogP contribution in [0.25, 0.3) is 16.7 Å². The molecule has 43 heavy (non-hydrogen) atoms. The molecule has 0 fully saturated rings. The van der Waals surface area contributed by atoms with Gasteiger partial charge in [0.15, 0.2) is 0 Å². The summed E-state index contributed by atoms with van der Waals surface area (Å²) >= 11 is 0. The number of hydrogen-bond donors (Lipinski definition) is 3. The van der Waals surface area contributed by atoms with E-state index in [1.807, 2.05) is 60.7 Å². The van der Waals surface area contributed by atoms with Gasteiger partial charge < -0.3 is 16.0 Å². The number of nitrogens with zero attached hydrogens (tertiary/aromatic N) is 1. The van der Waals surface area contributed by atoms with Crippen molar-refractivity contribution < 1.29 is 14.4 Å². The van der Waals surface area contributed by atoms with Crippen molar-refractivity contribution in [3.05, 3.63) is 114 Å². The van der Waals surface area contributed by atoms with Gasteiger partial charge >= 0.3 is 5.78 Å². The Morgan fingerprint density at radius 2 is 1.77 bits per heavy atom. The van der Waals surface area contributed by atoms with Crippen LogP contribution >= 0.6 is 0 Å². The molecule has 1 aliphatic rings. The molecule has 0 saturated heterocycles. The number of benzene rings is 3. The van der Waals surface area contributed by atoms with Gasteiger partial charge in [-0.05, 0) is 52.4 Å². The molecule has 7 heteroatoms.